The number of halogens is 3. The van der Waals surface area contributed by atoms with Gasteiger partial charge in [-0.15, -0.1) is 0 Å². The lowest BCUT2D eigenvalue weighted by atomic mass is 10.1. The second-order valence-corrected chi connectivity index (χ2v) is 4.96. The van der Waals surface area contributed by atoms with E-state index in [0.717, 1.165) is 12.1 Å². The molecule has 1 heterocycles. The van der Waals surface area contributed by atoms with Gasteiger partial charge in [-0.25, -0.2) is 4.39 Å². The van der Waals surface area contributed by atoms with E-state index in [0.29, 0.717) is 16.5 Å². The first-order valence-corrected chi connectivity index (χ1v) is 6.98. The molecular weight excluding hydrogens is 339 g/mol. The molecule has 0 aliphatic heterocycles. The predicted octanol–water partition coefficient (Wildman–Crippen LogP) is 4.63. The summed E-state index contributed by atoms with van der Waals surface area (Å²) in [6, 6.07) is 7.77. The average molecular weight is 349 g/mol. The summed E-state index contributed by atoms with van der Waals surface area (Å²) in [4.78, 5) is 14.4. The van der Waals surface area contributed by atoms with Crippen LogP contribution in [0.5, 0.6) is 5.75 Å². The normalized spacial score (nSPS) is 10.9. The fourth-order valence-electron chi connectivity index (χ4n) is 2.37. The SMILES string of the molecule is O=[N+]([O-])c1ccc(Nc2ccc(OC(F)F)c(F)c2)c2ccncc12. The number of non-ortho nitro benzene ring substituents is 1. The standard InChI is InChI=1S/C16H10F3N3O3/c17-12-7-9(1-4-15(12)25-16(18)19)21-13-2-3-14(22(23)24)11-8-20-6-5-10(11)13/h1-8,16,21H. The second-order valence-electron chi connectivity index (χ2n) is 4.96. The maximum atomic E-state index is 13.8. The van der Waals surface area contributed by atoms with Crippen LogP contribution in [0.15, 0.2) is 48.8 Å². The highest BCUT2D eigenvalue weighted by Gasteiger charge is 2.15. The maximum absolute atomic E-state index is 13.8. The lowest BCUT2D eigenvalue weighted by Crippen LogP contribution is -2.04. The first-order valence-electron chi connectivity index (χ1n) is 6.98. The molecule has 9 heteroatoms. The van der Waals surface area contributed by atoms with Gasteiger partial charge in [-0.1, -0.05) is 0 Å². The second kappa shape index (κ2) is 6.63. The number of hydrogen-bond acceptors (Lipinski definition) is 5. The summed E-state index contributed by atoms with van der Waals surface area (Å²) in [5.41, 5.74) is 0.636. The molecule has 0 fully saturated rings. The van der Waals surface area contributed by atoms with Gasteiger partial charge >= 0.3 is 6.61 Å². The molecule has 0 unspecified atom stereocenters. The highest BCUT2D eigenvalue weighted by Crippen LogP contribution is 2.33. The Morgan fingerprint density at radius 1 is 1.16 bits per heavy atom. The lowest BCUT2D eigenvalue weighted by Gasteiger charge is -2.11. The minimum absolute atomic E-state index is 0.111. The molecule has 6 nitrogen and oxygen atoms in total. The number of alkyl halides is 2. The van der Waals surface area contributed by atoms with Gasteiger partial charge in [0, 0.05) is 41.3 Å². The van der Waals surface area contributed by atoms with E-state index in [2.05, 4.69) is 15.0 Å². The number of pyridine rings is 1. The molecule has 0 radical (unpaired) electrons. The largest absolute Gasteiger partial charge is 0.432 e. The summed E-state index contributed by atoms with van der Waals surface area (Å²) in [5, 5.41) is 14.8. The van der Waals surface area contributed by atoms with Crippen LogP contribution in [0.1, 0.15) is 0 Å². The molecule has 0 aliphatic rings. The van der Waals surface area contributed by atoms with Crippen LogP contribution in [0, 0.1) is 15.9 Å². The minimum atomic E-state index is -3.13. The number of anilines is 2. The Balaban J connectivity index is 1.97. The number of nitro groups is 1. The zero-order valence-electron chi connectivity index (χ0n) is 12.4. The Morgan fingerprint density at radius 3 is 2.64 bits per heavy atom. The number of nitro benzene ring substituents is 1. The van der Waals surface area contributed by atoms with E-state index in [1.807, 2.05) is 0 Å². The predicted molar refractivity (Wildman–Crippen MR) is 84.7 cm³/mol. The van der Waals surface area contributed by atoms with Gasteiger partial charge in [-0.3, -0.25) is 15.1 Å². The summed E-state index contributed by atoms with van der Waals surface area (Å²) >= 11 is 0. The fraction of sp³-hybridized carbons (Fsp3) is 0.0625. The topological polar surface area (TPSA) is 77.3 Å². The fourth-order valence-corrected chi connectivity index (χ4v) is 2.37. The molecule has 0 aliphatic carbocycles. The zero-order valence-corrected chi connectivity index (χ0v) is 12.4. The number of aromatic nitrogens is 1. The van der Waals surface area contributed by atoms with Gasteiger partial charge in [0.15, 0.2) is 11.6 Å². The molecule has 3 aromatic rings. The van der Waals surface area contributed by atoms with Gasteiger partial charge in [-0.05, 0) is 24.3 Å². The van der Waals surface area contributed by atoms with Gasteiger partial charge in [0.05, 0.1) is 10.3 Å². The van der Waals surface area contributed by atoms with Gasteiger partial charge in [0.25, 0.3) is 5.69 Å². The van der Waals surface area contributed by atoms with Crippen molar-refractivity contribution in [1.29, 1.82) is 0 Å². The van der Waals surface area contributed by atoms with E-state index in [4.69, 9.17) is 0 Å². The van der Waals surface area contributed by atoms with E-state index >= 15 is 0 Å². The summed E-state index contributed by atoms with van der Waals surface area (Å²) in [6.07, 6.45) is 2.83. The molecule has 1 N–H and O–H groups in total. The van der Waals surface area contributed by atoms with Gasteiger partial charge in [-0.2, -0.15) is 8.78 Å². The number of fused-ring (bicyclic) bond motifs is 1. The van der Waals surface area contributed by atoms with Crippen LogP contribution < -0.4 is 10.1 Å². The van der Waals surface area contributed by atoms with Crippen molar-refractivity contribution in [3.05, 3.63) is 64.7 Å². The van der Waals surface area contributed by atoms with Crippen molar-refractivity contribution in [2.75, 3.05) is 5.32 Å². The molecule has 128 valence electrons. The van der Waals surface area contributed by atoms with Crippen molar-refractivity contribution in [2.24, 2.45) is 0 Å². The maximum Gasteiger partial charge on any atom is 0.387 e. The Hall–Kier alpha value is -3.36. The Morgan fingerprint density at radius 2 is 1.96 bits per heavy atom. The molecule has 0 saturated carbocycles. The van der Waals surface area contributed by atoms with Crippen molar-refractivity contribution < 1.29 is 22.8 Å². The lowest BCUT2D eigenvalue weighted by molar-refractivity contribution is -0.383. The molecule has 0 atom stereocenters. The quantitative estimate of drug-likeness (QED) is 0.537. The molecule has 3 rings (SSSR count). The number of benzene rings is 2. The van der Waals surface area contributed by atoms with Crippen molar-refractivity contribution in [3.8, 4) is 5.75 Å². The van der Waals surface area contributed by atoms with Gasteiger partial charge in [0.1, 0.15) is 0 Å². The Kier molecular flexibility index (Phi) is 4.38. The molecule has 0 spiro atoms. The first-order chi connectivity index (χ1) is 12.0. The highest BCUT2D eigenvalue weighted by atomic mass is 19.3. The van der Waals surface area contributed by atoms with Crippen LogP contribution in [0.4, 0.5) is 30.2 Å². The molecular formula is C16H10F3N3O3. The van der Waals surface area contributed by atoms with Crippen LogP contribution in [0.2, 0.25) is 0 Å². The highest BCUT2D eigenvalue weighted by molar-refractivity contribution is 6.00. The summed E-state index contributed by atoms with van der Waals surface area (Å²) in [6.45, 7) is -3.13. The van der Waals surface area contributed by atoms with Crippen LogP contribution >= 0.6 is 0 Å². The average Bonchev–Trinajstić information content (AvgIpc) is 2.57. The number of nitrogens with one attached hydrogen (secondary N) is 1. The van der Waals surface area contributed by atoms with Crippen LogP contribution in [-0.4, -0.2) is 16.5 Å². The number of hydrogen-bond donors (Lipinski definition) is 1. The van der Waals surface area contributed by atoms with Gasteiger partial charge in [0.2, 0.25) is 0 Å². The summed E-state index contributed by atoms with van der Waals surface area (Å²) < 4.78 is 42.2. The Labute approximate surface area is 139 Å². The van der Waals surface area contributed by atoms with E-state index in [1.165, 1.54) is 30.6 Å². The van der Waals surface area contributed by atoms with Crippen molar-refractivity contribution >= 4 is 27.8 Å². The molecule has 1 aromatic heterocycles. The third-order valence-electron chi connectivity index (χ3n) is 3.42. The Bertz CT molecular complexity index is 950. The molecule has 0 saturated heterocycles. The van der Waals surface area contributed by atoms with Crippen LogP contribution in [-0.2, 0) is 0 Å². The third kappa shape index (κ3) is 3.44. The summed E-state index contributed by atoms with van der Waals surface area (Å²) in [7, 11) is 0. The van der Waals surface area contributed by atoms with Crippen LogP contribution in [0.25, 0.3) is 10.8 Å². The smallest absolute Gasteiger partial charge is 0.387 e. The number of nitrogens with zero attached hydrogens (tertiary/aromatic N) is 2. The molecule has 0 bridgehead atoms. The minimum Gasteiger partial charge on any atom is -0.432 e. The van der Waals surface area contributed by atoms with Crippen molar-refractivity contribution in [1.82, 2.24) is 4.98 Å². The van der Waals surface area contributed by atoms with E-state index in [1.54, 1.807) is 6.07 Å². The van der Waals surface area contributed by atoms with E-state index < -0.39 is 23.1 Å². The van der Waals surface area contributed by atoms with Gasteiger partial charge < -0.3 is 10.1 Å². The van der Waals surface area contributed by atoms with E-state index in [9.17, 15) is 23.3 Å². The third-order valence-corrected chi connectivity index (χ3v) is 3.42. The summed E-state index contributed by atoms with van der Waals surface area (Å²) in [5.74, 6) is -1.53. The van der Waals surface area contributed by atoms with Crippen LogP contribution in [0.3, 0.4) is 0 Å². The zero-order chi connectivity index (χ0) is 18.0. The number of ether oxygens (including phenoxy) is 1. The van der Waals surface area contributed by atoms with E-state index in [-0.39, 0.29) is 11.4 Å². The molecule has 2 aromatic carbocycles. The number of rotatable bonds is 5. The molecule has 0 amide bonds. The first kappa shape index (κ1) is 16.5. The van der Waals surface area contributed by atoms with Crippen molar-refractivity contribution in [2.45, 2.75) is 6.61 Å². The monoisotopic (exact) mass is 349 g/mol. The molecule has 25 heavy (non-hydrogen) atoms. The van der Waals surface area contributed by atoms with Crippen molar-refractivity contribution in [3.63, 3.8) is 0 Å².